The summed E-state index contributed by atoms with van der Waals surface area (Å²) in [4.78, 5) is 0. The summed E-state index contributed by atoms with van der Waals surface area (Å²) in [5.41, 5.74) is 9.83. The zero-order valence-electron chi connectivity index (χ0n) is 12.1. The van der Waals surface area contributed by atoms with Crippen molar-refractivity contribution in [3.8, 4) is 5.75 Å². The Kier molecular flexibility index (Phi) is 4.40. The Balaban J connectivity index is 2.24. The molecule has 0 heterocycles. The minimum absolute atomic E-state index is 0.214. The van der Waals surface area contributed by atoms with E-state index in [1.807, 2.05) is 25.1 Å². The molecule has 2 aromatic rings. The highest BCUT2D eigenvalue weighted by Crippen LogP contribution is 2.25. The Morgan fingerprint density at radius 1 is 1.15 bits per heavy atom. The average Bonchev–Trinajstić information content (AvgIpc) is 2.42. The number of aryl methyl sites for hydroxylation is 2. The summed E-state index contributed by atoms with van der Waals surface area (Å²) in [7, 11) is 1.64. The van der Waals surface area contributed by atoms with E-state index in [2.05, 4.69) is 6.07 Å². The van der Waals surface area contributed by atoms with Gasteiger partial charge in [-0.2, -0.15) is 0 Å². The molecule has 0 radical (unpaired) electrons. The molecule has 0 spiro atoms. The smallest absolute Gasteiger partial charge is 0.126 e. The molecule has 0 aliphatic rings. The van der Waals surface area contributed by atoms with Crippen LogP contribution in [0.3, 0.4) is 0 Å². The third-order valence-corrected chi connectivity index (χ3v) is 3.50. The lowest BCUT2D eigenvalue weighted by Gasteiger charge is -2.16. The molecule has 0 saturated carbocycles. The van der Waals surface area contributed by atoms with Crippen LogP contribution >= 0.6 is 0 Å². The fourth-order valence-corrected chi connectivity index (χ4v) is 2.26. The van der Waals surface area contributed by atoms with E-state index < -0.39 is 0 Å². The van der Waals surface area contributed by atoms with E-state index in [9.17, 15) is 4.39 Å². The van der Waals surface area contributed by atoms with Crippen LogP contribution in [0.25, 0.3) is 0 Å². The van der Waals surface area contributed by atoms with Gasteiger partial charge in [-0.05, 0) is 49.1 Å². The number of methoxy groups -OCH3 is 1. The Morgan fingerprint density at radius 3 is 2.55 bits per heavy atom. The monoisotopic (exact) mass is 273 g/mol. The molecule has 0 aromatic heterocycles. The van der Waals surface area contributed by atoms with Gasteiger partial charge in [0.25, 0.3) is 0 Å². The summed E-state index contributed by atoms with van der Waals surface area (Å²) >= 11 is 0. The van der Waals surface area contributed by atoms with Crippen LogP contribution in [0.4, 0.5) is 4.39 Å². The third-order valence-electron chi connectivity index (χ3n) is 3.50. The van der Waals surface area contributed by atoms with Gasteiger partial charge in [0.05, 0.1) is 7.11 Å². The van der Waals surface area contributed by atoms with Gasteiger partial charge in [-0.3, -0.25) is 0 Å². The van der Waals surface area contributed by atoms with Gasteiger partial charge in [0.15, 0.2) is 0 Å². The van der Waals surface area contributed by atoms with E-state index in [4.69, 9.17) is 10.5 Å². The van der Waals surface area contributed by atoms with E-state index in [0.717, 1.165) is 22.4 Å². The van der Waals surface area contributed by atoms with Crippen LogP contribution < -0.4 is 10.5 Å². The maximum absolute atomic E-state index is 13.6. The van der Waals surface area contributed by atoms with Crippen molar-refractivity contribution >= 4 is 0 Å². The average molecular weight is 273 g/mol. The summed E-state index contributed by atoms with van der Waals surface area (Å²) in [6.07, 6.45) is 0.618. The van der Waals surface area contributed by atoms with Crippen LogP contribution in [-0.4, -0.2) is 7.11 Å². The first-order valence-electron chi connectivity index (χ1n) is 6.66. The number of ether oxygens (including phenoxy) is 1. The van der Waals surface area contributed by atoms with Gasteiger partial charge >= 0.3 is 0 Å². The Morgan fingerprint density at radius 2 is 1.90 bits per heavy atom. The van der Waals surface area contributed by atoms with Crippen LogP contribution in [0.2, 0.25) is 0 Å². The van der Waals surface area contributed by atoms with Crippen LogP contribution in [0.5, 0.6) is 5.75 Å². The molecular formula is C17H20FNO. The molecule has 1 unspecified atom stereocenters. The molecule has 2 rings (SSSR count). The number of hydrogen-bond donors (Lipinski definition) is 1. The standard InChI is InChI=1S/C17H20FNO/c1-11-4-7-17(20-3)14(8-11)10-16(19)13-6-5-12(2)15(18)9-13/h4-9,16H,10,19H2,1-3H3. The topological polar surface area (TPSA) is 35.2 Å². The lowest BCUT2D eigenvalue weighted by atomic mass is 9.97. The number of benzene rings is 2. The predicted octanol–water partition coefficient (Wildman–Crippen LogP) is 3.69. The number of hydrogen-bond acceptors (Lipinski definition) is 2. The highest BCUT2D eigenvalue weighted by molar-refractivity contribution is 5.38. The molecule has 3 heteroatoms. The second-order valence-electron chi connectivity index (χ2n) is 5.13. The molecule has 0 fully saturated rings. The van der Waals surface area contributed by atoms with Gasteiger partial charge in [0.2, 0.25) is 0 Å². The molecule has 0 bridgehead atoms. The molecule has 0 aliphatic heterocycles. The minimum atomic E-state index is -0.249. The van der Waals surface area contributed by atoms with Crippen molar-refractivity contribution < 1.29 is 9.13 Å². The van der Waals surface area contributed by atoms with Gasteiger partial charge in [-0.25, -0.2) is 4.39 Å². The molecule has 2 aromatic carbocycles. The van der Waals surface area contributed by atoms with Gasteiger partial charge in [0.1, 0.15) is 11.6 Å². The normalized spacial score (nSPS) is 12.2. The predicted molar refractivity (Wildman–Crippen MR) is 79.5 cm³/mol. The van der Waals surface area contributed by atoms with Gasteiger partial charge in [0, 0.05) is 6.04 Å². The van der Waals surface area contributed by atoms with E-state index in [1.165, 1.54) is 6.07 Å². The van der Waals surface area contributed by atoms with Crippen molar-refractivity contribution in [3.05, 3.63) is 64.5 Å². The maximum atomic E-state index is 13.6. The second kappa shape index (κ2) is 6.06. The molecule has 0 aliphatic carbocycles. The molecule has 0 saturated heterocycles. The first-order valence-corrected chi connectivity index (χ1v) is 6.66. The van der Waals surface area contributed by atoms with Crippen LogP contribution in [0.15, 0.2) is 36.4 Å². The van der Waals surface area contributed by atoms with E-state index in [-0.39, 0.29) is 11.9 Å². The number of halogens is 1. The number of nitrogens with two attached hydrogens (primary N) is 1. The third kappa shape index (κ3) is 3.17. The summed E-state index contributed by atoms with van der Waals surface area (Å²) in [5, 5.41) is 0. The molecule has 2 nitrogen and oxygen atoms in total. The quantitative estimate of drug-likeness (QED) is 0.922. The summed E-state index contributed by atoms with van der Waals surface area (Å²) in [5.74, 6) is 0.604. The Labute approximate surface area is 119 Å². The Bertz CT molecular complexity index is 610. The summed E-state index contributed by atoms with van der Waals surface area (Å²) in [6.45, 7) is 3.77. The molecule has 0 amide bonds. The zero-order chi connectivity index (χ0) is 14.7. The fraction of sp³-hybridized carbons (Fsp3) is 0.294. The maximum Gasteiger partial charge on any atom is 0.126 e. The van der Waals surface area contributed by atoms with E-state index >= 15 is 0 Å². The van der Waals surface area contributed by atoms with Crippen molar-refractivity contribution in [1.82, 2.24) is 0 Å². The minimum Gasteiger partial charge on any atom is -0.496 e. The SMILES string of the molecule is COc1ccc(C)cc1CC(N)c1ccc(C)c(F)c1. The Hall–Kier alpha value is -1.87. The van der Waals surface area contributed by atoms with Crippen LogP contribution in [-0.2, 0) is 6.42 Å². The number of rotatable bonds is 4. The molecular weight excluding hydrogens is 253 g/mol. The lowest BCUT2D eigenvalue weighted by Crippen LogP contribution is -2.14. The van der Waals surface area contributed by atoms with Crippen molar-refractivity contribution in [2.75, 3.05) is 7.11 Å². The van der Waals surface area contributed by atoms with E-state index in [1.54, 1.807) is 20.1 Å². The zero-order valence-corrected chi connectivity index (χ0v) is 12.1. The molecule has 106 valence electrons. The highest BCUT2D eigenvalue weighted by Gasteiger charge is 2.12. The fourth-order valence-electron chi connectivity index (χ4n) is 2.26. The lowest BCUT2D eigenvalue weighted by molar-refractivity contribution is 0.408. The van der Waals surface area contributed by atoms with Crippen molar-refractivity contribution in [2.45, 2.75) is 26.3 Å². The van der Waals surface area contributed by atoms with Crippen LogP contribution in [0, 0.1) is 19.7 Å². The summed E-state index contributed by atoms with van der Waals surface area (Å²) < 4.78 is 19.0. The van der Waals surface area contributed by atoms with Gasteiger partial charge < -0.3 is 10.5 Å². The van der Waals surface area contributed by atoms with Crippen molar-refractivity contribution in [3.63, 3.8) is 0 Å². The first kappa shape index (κ1) is 14.5. The van der Waals surface area contributed by atoms with Crippen LogP contribution in [0.1, 0.15) is 28.3 Å². The highest BCUT2D eigenvalue weighted by atomic mass is 19.1. The molecule has 1 atom stereocenters. The summed E-state index contributed by atoms with van der Waals surface area (Å²) in [6, 6.07) is 10.9. The van der Waals surface area contributed by atoms with Crippen molar-refractivity contribution in [1.29, 1.82) is 0 Å². The van der Waals surface area contributed by atoms with E-state index in [0.29, 0.717) is 12.0 Å². The first-order chi connectivity index (χ1) is 9.51. The largest absolute Gasteiger partial charge is 0.496 e. The van der Waals surface area contributed by atoms with Gasteiger partial charge in [-0.15, -0.1) is 0 Å². The molecule has 20 heavy (non-hydrogen) atoms. The second-order valence-corrected chi connectivity index (χ2v) is 5.13. The van der Waals surface area contributed by atoms with Crippen molar-refractivity contribution in [2.24, 2.45) is 5.73 Å². The molecule has 2 N–H and O–H groups in total. The van der Waals surface area contributed by atoms with Gasteiger partial charge in [-0.1, -0.05) is 29.8 Å².